The third kappa shape index (κ3) is 5.64. The summed E-state index contributed by atoms with van der Waals surface area (Å²) < 4.78 is 5.68. The average Bonchev–Trinajstić information content (AvgIpc) is 3.34. The van der Waals surface area contributed by atoms with Gasteiger partial charge in [-0.25, -0.2) is 0 Å². The Bertz CT molecular complexity index is 485. The smallest absolute Gasteiger partial charge is 0.193 e. The van der Waals surface area contributed by atoms with Gasteiger partial charge in [0.25, 0.3) is 0 Å². The molecule has 0 spiro atoms. The van der Waals surface area contributed by atoms with E-state index in [0.29, 0.717) is 0 Å². The maximum atomic E-state index is 5.68. The molecule has 1 N–H and O–H groups in total. The van der Waals surface area contributed by atoms with Gasteiger partial charge in [-0.05, 0) is 49.3 Å². The lowest BCUT2D eigenvalue weighted by Crippen LogP contribution is -2.41. The van der Waals surface area contributed by atoms with E-state index in [2.05, 4.69) is 33.2 Å². The molecule has 0 amide bonds. The van der Waals surface area contributed by atoms with Crippen molar-refractivity contribution < 1.29 is 4.74 Å². The molecule has 0 atom stereocenters. The van der Waals surface area contributed by atoms with Crippen LogP contribution in [0.3, 0.4) is 0 Å². The number of guanidine groups is 1. The van der Waals surface area contributed by atoms with Crippen molar-refractivity contribution in [3.8, 4) is 0 Å². The van der Waals surface area contributed by atoms with Gasteiger partial charge in [0.1, 0.15) is 0 Å². The molecule has 22 heavy (non-hydrogen) atoms. The molecule has 0 bridgehead atoms. The van der Waals surface area contributed by atoms with Crippen molar-refractivity contribution in [2.75, 3.05) is 40.4 Å². The second-order valence-electron chi connectivity index (χ2n) is 5.97. The Labute approximate surface area is 133 Å². The fourth-order valence-electron chi connectivity index (χ4n) is 2.32. The van der Waals surface area contributed by atoms with E-state index in [1.807, 2.05) is 26.5 Å². The van der Waals surface area contributed by atoms with Gasteiger partial charge < -0.3 is 15.0 Å². The summed E-state index contributed by atoms with van der Waals surface area (Å²) in [4.78, 5) is 10.6. The molecule has 0 saturated heterocycles. The van der Waals surface area contributed by atoms with Gasteiger partial charge >= 0.3 is 0 Å². The third-order valence-electron chi connectivity index (χ3n) is 4.01. The summed E-state index contributed by atoms with van der Waals surface area (Å²) in [6.45, 7) is 5.50. The van der Waals surface area contributed by atoms with Crippen molar-refractivity contribution in [3.05, 3.63) is 29.6 Å². The van der Waals surface area contributed by atoms with E-state index in [1.165, 1.54) is 24.0 Å². The van der Waals surface area contributed by atoms with Crippen LogP contribution < -0.4 is 5.32 Å². The normalized spacial score (nSPS) is 15.0. The SMILES string of the molecule is CN=C(NCCc1ccncc1C)N(C)CCOCC1CC1. The first-order chi connectivity index (χ1) is 10.7. The molecule has 5 heteroatoms. The summed E-state index contributed by atoms with van der Waals surface area (Å²) >= 11 is 0. The number of aliphatic imine (C=N–C) groups is 1. The highest BCUT2D eigenvalue weighted by molar-refractivity contribution is 5.79. The largest absolute Gasteiger partial charge is 0.379 e. The fourth-order valence-corrected chi connectivity index (χ4v) is 2.32. The predicted octanol–water partition coefficient (Wildman–Crippen LogP) is 1.87. The van der Waals surface area contributed by atoms with Crippen LogP contribution in [0.2, 0.25) is 0 Å². The van der Waals surface area contributed by atoms with Crippen LogP contribution in [0.5, 0.6) is 0 Å². The molecule has 0 aromatic carbocycles. The minimum Gasteiger partial charge on any atom is -0.379 e. The van der Waals surface area contributed by atoms with E-state index in [4.69, 9.17) is 4.74 Å². The van der Waals surface area contributed by atoms with Crippen LogP contribution in [0.1, 0.15) is 24.0 Å². The highest BCUT2D eigenvalue weighted by atomic mass is 16.5. The summed E-state index contributed by atoms with van der Waals surface area (Å²) in [6, 6.07) is 2.08. The Morgan fingerprint density at radius 3 is 3.00 bits per heavy atom. The lowest BCUT2D eigenvalue weighted by molar-refractivity contribution is 0.115. The van der Waals surface area contributed by atoms with Crippen LogP contribution in [0.15, 0.2) is 23.5 Å². The third-order valence-corrected chi connectivity index (χ3v) is 4.01. The van der Waals surface area contributed by atoms with Gasteiger partial charge in [-0.3, -0.25) is 9.98 Å². The maximum absolute atomic E-state index is 5.68. The van der Waals surface area contributed by atoms with Crippen LogP contribution >= 0.6 is 0 Å². The Morgan fingerprint density at radius 2 is 2.32 bits per heavy atom. The summed E-state index contributed by atoms with van der Waals surface area (Å²) in [5, 5.41) is 3.41. The lowest BCUT2D eigenvalue weighted by Gasteiger charge is -2.22. The minimum atomic E-state index is 0.761. The quantitative estimate of drug-likeness (QED) is 0.452. The summed E-state index contributed by atoms with van der Waals surface area (Å²) in [5.41, 5.74) is 2.56. The molecule has 0 radical (unpaired) electrons. The lowest BCUT2D eigenvalue weighted by atomic mass is 10.1. The molecular weight excluding hydrogens is 276 g/mol. The highest BCUT2D eigenvalue weighted by Gasteiger charge is 2.21. The van der Waals surface area contributed by atoms with Gasteiger partial charge in [-0.1, -0.05) is 0 Å². The zero-order valence-electron chi connectivity index (χ0n) is 14.0. The van der Waals surface area contributed by atoms with Gasteiger partial charge in [-0.2, -0.15) is 0 Å². The molecule has 2 rings (SSSR count). The first-order valence-corrected chi connectivity index (χ1v) is 8.09. The Morgan fingerprint density at radius 1 is 1.50 bits per heavy atom. The van der Waals surface area contributed by atoms with Crippen LogP contribution in [0.25, 0.3) is 0 Å². The number of aryl methyl sites for hydroxylation is 1. The van der Waals surface area contributed by atoms with Crippen molar-refractivity contribution in [1.29, 1.82) is 0 Å². The minimum absolute atomic E-state index is 0.761. The maximum Gasteiger partial charge on any atom is 0.193 e. The monoisotopic (exact) mass is 304 g/mol. The molecule has 1 aromatic rings. The first-order valence-electron chi connectivity index (χ1n) is 8.09. The molecule has 1 saturated carbocycles. The summed E-state index contributed by atoms with van der Waals surface area (Å²) in [7, 11) is 3.87. The highest BCUT2D eigenvalue weighted by Crippen LogP contribution is 2.28. The van der Waals surface area contributed by atoms with Crippen LogP contribution in [-0.4, -0.2) is 56.2 Å². The topological polar surface area (TPSA) is 49.8 Å². The summed E-state index contributed by atoms with van der Waals surface area (Å²) in [6.07, 6.45) is 7.41. The fraction of sp³-hybridized carbons (Fsp3) is 0.647. The van der Waals surface area contributed by atoms with E-state index < -0.39 is 0 Å². The summed E-state index contributed by atoms with van der Waals surface area (Å²) in [5.74, 6) is 1.74. The first kappa shape index (κ1) is 16.7. The van der Waals surface area contributed by atoms with Crippen molar-refractivity contribution in [2.45, 2.75) is 26.2 Å². The molecule has 0 aliphatic heterocycles. The number of aromatic nitrogens is 1. The van der Waals surface area contributed by atoms with E-state index in [1.54, 1.807) is 0 Å². The van der Waals surface area contributed by atoms with Crippen molar-refractivity contribution in [3.63, 3.8) is 0 Å². The van der Waals surface area contributed by atoms with Crippen LogP contribution in [0.4, 0.5) is 0 Å². The number of hydrogen-bond donors (Lipinski definition) is 1. The van der Waals surface area contributed by atoms with Gasteiger partial charge in [-0.15, -0.1) is 0 Å². The second kappa shape index (κ2) is 8.73. The number of ether oxygens (including phenoxy) is 1. The average molecular weight is 304 g/mol. The van der Waals surface area contributed by atoms with Gasteiger partial charge in [0.05, 0.1) is 6.61 Å². The Balaban J connectivity index is 1.66. The second-order valence-corrected chi connectivity index (χ2v) is 5.97. The number of rotatable bonds is 8. The van der Waals surface area contributed by atoms with E-state index in [-0.39, 0.29) is 0 Å². The molecule has 1 aliphatic carbocycles. The van der Waals surface area contributed by atoms with Gasteiger partial charge in [0.2, 0.25) is 0 Å². The van der Waals surface area contributed by atoms with Crippen molar-refractivity contribution >= 4 is 5.96 Å². The van der Waals surface area contributed by atoms with Gasteiger partial charge in [0.15, 0.2) is 5.96 Å². The zero-order valence-corrected chi connectivity index (χ0v) is 14.0. The zero-order chi connectivity index (χ0) is 15.8. The Hall–Kier alpha value is -1.62. The van der Waals surface area contributed by atoms with Crippen LogP contribution in [0, 0.1) is 12.8 Å². The number of likely N-dealkylation sites (N-methyl/N-ethyl adjacent to an activating group) is 1. The molecule has 5 nitrogen and oxygen atoms in total. The van der Waals surface area contributed by atoms with Crippen LogP contribution in [-0.2, 0) is 11.2 Å². The molecule has 122 valence electrons. The molecule has 1 fully saturated rings. The van der Waals surface area contributed by atoms with Crippen molar-refractivity contribution in [1.82, 2.24) is 15.2 Å². The van der Waals surface area contributed by atoms with E-state index in [0.717, 1.165) is 44.6 Å². The molecule has 1 aliphatic rings. The van der Waals surface area contributed by atoms with E-state index in [9.17, 15) is 0 Å². The number of nitrogens with zero attached hydrogens (tertiary/aromatic N) is 3. The van der Waals surface area contributed by atoms with Gasteiger partial charge in [0, 0.05) is 46.2 Å². The number of nitrogens with one attached hydrogen (secondary N) is 1. The van der Waals surface area contributed by atoms with E-state index >= 15 is 0 Å². The molecule has 1 aromatic heterocycles. The molecule has 0 unspecified atom stereocenters. The number of hydrogen-bond acceptors (Lipinski definition) is 3. The standard InChI is InChI=1S/C17H28N4O/c1-14-12-19-8-6-16(14)7-9-20-17(18-2)21(3)10-11-22-13-15-4-5-15/h6,8,12,15H,4-5,7,9-11,13H2,1-3H3,(H,18,20). The Kier molecular flexibility index (Phi) is 6.65. The molecular formula is C17H28N4O. The molecule has 1 heterocycles. The van der Waals surface area contributed by atoms with Crippen molar-refractivity contribution in [2.24, 2.45) is 10.9 Å². The number of pyridine rings is 1. The predicted molar refractivity (Wildman–Crippen MR) is 90.2 cm³/mol.